The van der Waals surface area contributed by atoms with Crippen molar-refractivity contribution in [1.29, 1.82) is 0 Å². The molecular formula is C56H47N3OS2Si3. The normalized spacial score (nSPS) is 13.8. The topological polar surface area (TPSA) is 31.5 Å². The number of hydrogen-bond donors (Lipinski definition) is 0. The smallest absolute Gasteiger partial charge is 0.220 e. The predicted octanol–water partition coefficient (Wildman–Crippen LogP) is 10.6. The molecule has 9 heteroatoms. The second-order valence-electron chi connectivity index (χ2n) is 18.3. The predicted molar refractivity (Wildman–Crippen MR) is 283 cm³/mol. The fraction of sp³-hybridized carbons (Fsp3) is 0.0893. The molecule has 5 heterocycles. The van der Waals surface area contributed by atoms with Crippen LogP contribution in [-0.4, -0.2) is 38.2 Å². The Hall–Kier alpha value is -6.34. The maximum Gasteiger partial charge on any atom is 0.220 e. The fourth-order valence-corrected chi connectivity index (χ4v) is 34.3. The third-order valence-corrected chi connectivity index (χ3v) is 35.8. The fourth-order valence-electron chi connectivity index (χ4n) is 12.0. The zero-order valence-electron chi connectivity index (χ0n) is 36.8. The molecule has 0 radical (unpaired) electrons. The largest absolute Gasteiger partial charge is 0.457 e. The Morgan fingerprint density at radius 1 is 0.492 bits per heavy atom. The summed E-state index contributed by atoms with van der Waals surface area (Å²) in [4.78, 5) is 5.30. The lowest BCUT2D eigenvalue weighted by molar-refractivity contribution is 0.453. The van der Waals surface area contributed by atoms with Crippen molar-refractivity contribution in [2.45, 2.75) is 30.8 Å². The van der Waals surface area contributed by atoms with Gasteiger partial charge in [-0.3, -0.25) is 8.97 Å². The van der Waals surface area contributed by atoms with Crippen molar-refractivity contribution in [2.24, 2.45) is 0 Å². The minimum Gasteiger partial charge on any atom is -0.457 e. The van der Waals surface area contributed by atoms with Gasteiger partial charge in [0.05, 0.1) is 22.1 Å². The maximum absolute atomic E-state index is 7.68. The van der Waals surface area contributed by atoms with E-state index in [1.165, 1.54) is 40.9 Å². The number of hydrogen-bond acceptors (Lipinski definition) is 4. The number of thiophene rings is 2. The van der Waals surface area contributed by atoms with Crippen molar-refractivity contribution < 1.29 is 4.74 Å². The average Bonchev–Trinajstić information content (AvgIpc) is 4.19. The standard InChI is InChI=1S/C56H47N3OS2Si3/c1-63(2,52-35-19-37-61-52)56(64(3,4)53-36-20-38-62-53)44-27-11-16-33-50(44)60-54-45(56)28-18-34-51(54)65(41-22-7-5-8-23-41,42-24-9-6-10-25-42)43-26-17-21-40(39-43)58-48-31-14-15-32-49(48)59-47-30-13-12-29-46(47)57-55(58)59/h5-39H,1-4H3. The van der Waals surface area contributed by atoms with E-state index in [4.69, 9.17) is 9.72 Å². The van der Waals surface area contributed by atoms with Gasteiger partial charge in [0.25, 0.3) is 0 Å². The van der Waals surface area contributed by atoms with Gasteiger partial charge in [0.15, 0.2) is 8.07 Å². The average molecular weight is 926 g/mol. The molecule has 0 saturated heterocycles. The van der Waals surface area contributed by atoms with Gasteiger partial charge in [0.2, 0.25) is 5.78 Å². The molecule has 7 aromatic carbocycles. The summed E-state index contributed by atoms with van der Waals surface area (Å²) in [6.07, 6.45) is 0. The number of benzene rings is 7. The first-order valence-corrected chi connectivity index (χ1v) is 32.1. The summed E-state index contributed by atoms with van der Waals surface area (Å²) < 4.78 is 15.1. The molecule has 65 heavy (non-hydrogen) atoms. The van der Waals surface area contributed by atoms with Crippen LogP contribution >= 0.6 is 22.7 Å². The van der Waals surface area contributed by atoms with Crippen LogP contribution in [0.5, 0.6) is 11.5 Å². The number of rotatable bonds is 9. The summed E-state index contributed by atoms with van der Waals surface area (Å²) in [6.45, 7) is 10.6. The molecular weight excluding hydrogens is 879 g/mol. The van der Waals surface area contributed by atoms with Crippen LogP contribution in [0.4, 0.5) is 0 Å². The van der Waals surface area contributed by atoms with Crippen molar-refractivity contribution in [1.82, 2.24) is 14.0 Å². The highest BCUT2D eigenvalue weighted by Crippen LogP contribution is 2.57. The molecule has 0 bridgehead atoms. The molecule has 4 nitrogen and oxygen atoms in total. The van der Waals surface area contributed by atoms with E-state index in [0.29, 0.717) is 0 Å². The summed E-state index contributed by atoms with van der Waals surface area (Å²) in [5, 5.41) is 9.73. The highest BCUT2D eigenvalue weighted by atomic mass is 32.1. The van der Waals surface area contributed by atoms with Gasteiger partial charge in [0.1, 0.15) is 27.6 Å². The van der Waals surface area contributed by atoms with E-state index in [-0.39, 0.29) is 4.66 Å². The lowest BCUT2D eigenvalue weighted by atomic mass is 9.98. The molecule has 12 rings (SSSR count). The first kappa shape index (κ1) is 40.2. The second kappa shape index (κ2) is 15.1. The first-order valence-electron chi connectivity index (χ1n) is 22.4. The number of ether oxygens (including phenoxy) is 1. The van der Waals surface area contributed by atoms with Crippen LogP contribution in [0, 0.1) is 0 Å². The molecule has 0 fully saturated rings. The number of nitrogens with zero attached hydrogens (tertiary/aromatic N) is 3. The Morgan fingerprint density at radius 2 is 1.05 bits per heavy atom. The molecule has 1 aliphatic heterocycles. The molecule has 0 N–H and O–H groups in total. The van der Waals surface area contributed by atoms with Gasteiger partial charge in [-0.25, -0.2) is 4.98 Å². The highest BCUT2D eigenvalue weighted by molar-refractivity contribution is 7.32. The quantitative estimate of drug-likeness (QED) is 0.107. The molecule has 1 aliphatic rings. The first-order chi connectivity index (χ1) is 31.8. The van der Waals surface area contributed by atoms with Crippen molar-refractivity contribution in [3.8, 4) is 17.2 Å². The Morgan fingerprint density at radius 3 is 1.71 bits per heavy atom. The summed E-state index contributed by atoms with van der Waals surface area (Å²) >= 11 is 3.87. The van der Waals surface area contributed by atoms with E-state index in [0.717, 1.165) is 45.0 Å². The van der Waals surface area contributed by atoms with Crippen LogP contribution in [0.15, 0.2) is 211 Å². The minimum atomic E-state index is -3.25. The minimum absolute atomic E-state index is 0.302. The lowest BCUT2D eigenvalue weighted by Gasteiger charge is -2.57. The van der Waals surface area contributed by atoms with Crippen molar-refractivity contribution in [3.63, 3.8) is 0 Å². The summed E-state index contributed by atoms with van der Waals surface area (Å²) in [5.41, 5.74) is 8.09. The zero-order valence-corrected chi connectivity index (χ0v) is 41.4. The van der Waals surface area contributed by atoms with E-state index in [9.17, 15) is 0 Å². The molecule has 316 valence electrons. The number of imidazole rings is 2. The van der Waals surface area contributed by atoms with E-state index in [2.05, 4.69) is 246 Å². The highest BCUT2D eigenvalue weighted by Gasteiger charge is 2.65. The van der Waals surface area contributed by atoms with Gasteiger partial charge < -0.3 is 4.74 Å². The molecule has 0 atom stereocenters. The molecule has 0 saturated carbocycles. The molecule has 0 unspecified atom stereocenters. The second-order valence-corrected chi connectivity index (χ2v) is 34.3. The maximum atomic E-state index is 7.68. The van der Waals surface area contributed by atoms with Crippen LogP contribution in [0.25, 0.3) is 33.5 Å². The van der Waals surface area contributed by atoms with Crippen molar-refractivity contribution >= 4 is 104 Å². The van der Waals surface area contributed by atoms with E-state index in [1.807, 2.05) is 22.7 Å². The lowest BCUT2D eigenvalue weighted by Crippen LogP contribution is -2.77. The Kier molecular flexibility index (Phi) is 9.35. The third kappa shape index (κ3) is 5.60. The van der Waals surface area contributed by atoms with Gasteiger partial charge in [-0.2, -0.15) is 22.7 Å². The van der Waals surface area contributed by atoms with Crippen LogP contribution in [0.2, 0.25) is 26.2 Å². The molecule has 11 aromatic rings. The van der Waals surface area contributed by atoms with E-state index >= 15 is 0 Å². The van der Waals surface area contributed by atoms with Gasteiger partial charge in [-0.1, -0.05) is 184 Å². The van der Waals surface area contributed by atoms with Crippen molar-refractivity contribution in [3.05, 3.63) is 222 Å². The Bertz CT molecular complexity index is 3460. The van der Waals surface area contributed by atoms with Crippen LogP contribution in [-0.2, 0) is 4.66 Å². The van der Waals surface area contributed by atoms with Gasteiger partial charge in [-0.15, -0.1) is 0 Å². The molecule has 0 aliphatic carbocycles. The van der Waals surface area contributed by atoms with Crippen LogP contribution in [0.1, 0.15) is 11.1 Å². The SMILES string of the molecule is C[Si](C)(c1cccs1)C1([Si](C)(C)c2cccs2)c2ccccc2Oc2c1cccc2[Si](c1ccccc1)(c1ccccc1)c1cccc(-n2c3ccccc3n3c4ccccc4nc23)c1. The summed E-state index contributed by atoms with van der Waals surface area (Å²) in [7, 11) is -8.24. The van der Waals surface area contributed by atoms with Gasteiger partial charge in [0, 0.05) is 21.5 Å². The molecule has 0 spiro atoms. The number of fused-ring (bicyclic) bond motifs is 7. The number of aromatic nitrogens is 3. The van der Waals surface area contributed by atoms with Crippen LogP contribution < -0.4 is 34.5 Å². The third-order valence-electron chi connectivity index (χ3n) is 14.5. The Labute approximate surface area is 390 Å². The zero-order chi connectivity index (χ0) is 44.0. The number of para-hydroxylation sites is 6. The van der Waals surface area contributed by atoms with Crippen LogP contribution in [0.3, 0.4) is 0 Å². The van der Waals surface area contributed by atoms with Gasteiger partial charge in [-0.05, 0) is 83.0 Å². The monoisotopic (exact) mass is 925 g/mol. The summed E-state index contributed by atoms with van der Waals surface area (Å²) in [6, 6.07) is 74.9. The van der Waals surface area contributed by atoms with E-state index < -0.39 is 24.2 Å². The molecule has 0 amide bonds. The van der Waals surface area contributed by atoms with Crippen molar-refractivity contribution in [2.75, 3.05) is 0 Å². The molecule has 4 aromatic heterocycles. The van der Waals surface area contributed by atoms with Gasteiger partial charge >= 0.3 is 0 Å². The summed E-state index contributed by atoms with van der Waals surface area (Å²) in [5.74, 6) is 2.91. The Balaban J connectivity index is 1.22. The van der Waals surface area contributed by atoms with E-state index in [1.54, 1.807) is 0 Å².